The minimum atomic E-state index is 0.0352. The second-order valence-corrected chi connectivity index (χ2v) is 5.46. The van der Waals surface area contributed by atoms with E-state index in [1.807, 2.05) is 49.4 Å². The smallest absolute Gasteiger partial charge is 0.148 e. The molecule has 0 aliphatic rings. The molecule has 1 N–H and O–H groups in total. The van der Waals surface area contributed by atoms with Crippen molar-refractivity contribution in [1.82, 2.24) is 9.55 Å². The van der Waals surface area contributed by atoms with Gasteiger partial charge in [0.1, 0.15) is 18.2 Å². The van der Waals surface area contributed by atoms with Crippen LogP contribution >= 0.6 is 0 Å². The Bertz CT molecular complexity index is 781. The van der Waals surface area contributed by atoms with E-state index in [4.69, 9.17) is 14.6 Å². The van der Waals surface area contributed by atoms with Crippen LogP contribution in [0, 0.1) is 0 Å². The number of aromatic nitrogens is 2. The summed E-state index contributed by atoms with van der Waals surface area (Å²) in [5, 5.41) is 9.09. The molecule has 126 valence electrons. The van der Waals surface area contributed by atoms with Crippen molar-refractivity contribution in [2.24, 2.45) is 0 Å². The molecule has 3 rings (SSSR count). The zero-order chi connectivity index (χ0) is 16.8. The third-order valence-electron chi connectivity index (χ3n) is 3.87. The van der Waals surface area contributed by atoms with Crippen LogP contribution in [-0.2, 0) is 24.5 Å². The number of para-hydroxylation sites is 2. The third-order valence-corrected chi connectivity index (χ3v) is 3.87. The van der Waals surface area contributed by atoms with E-state index in [0.29, 0.717) is 19.8 Å². The van der Waals surface area contributed by atoms with E-state index >= 15 is 0 Å². The summed E-state index contributed by atoms with van der Waals surface area (Å²) in [7, 11) is 0. The monoisotopic (exact) mass is 326 g/mol. The standard InChI is InChI=1S/C19H22N2O3/c1-2-23-12-11-21-18-6-4-3-5-17(18)20-19(21)14-24-16-9-7-15(13-22)8-10-16/h3-10,22H,2,11-14H2,1H3. The molecule has 5 heteroatoms. The molecule has 0 radical (unpaired) electrons. The maximum Gasteiger partial charge on any atom is 0.148 e. The number of imidazole rings is 1. The van der Waals surface area contributed by atoms with Gasteiger partial charge in [-0.3, -0.25) is 0 Å². The highest BCUT2D eigenvalue weighted by Crippen LogP contribution is 2.19. The van der Waals surface area contributed by atoms with Crippen molar-refractivity contribution >= 4 is 11.0 Å². The predicted octanol–water partition coefficient (Wildman–Crippen LogP) is 3.14. The molecule has 0 bridgehead atoms. The van der Waals surface area contributed by atoms with Gasteiger partial charge in [0.2, 0.25) is 0 Å². The predicted molar refractivity (Wildman–Crippen MR) is 92.9 cm³/mol. The van der Waals surface area contributed by atoms with Crippen molar-refractivity contribution in [3.8, 4) is 5.75 Å². The Morgan fingerprint density at radius 2 is 1.88 bits per heavy atom. The van der Waals surface area contributed by atoms with Gasteiger partial charge in [-0.25, -0.2) is 4.98 Å². The fourth-order valence-corrected chi connectivity index (χ4v) is 2.62. The second kappa shape index (κ2) is 7.95. The van der Waals surface area contributed by atoms with Crippen LogP contribution in [0.25, 0.3) is 11.0 Å². The van der Waals surface area contributed by atoms with E-state index in [9.17, 15) is 0 Å². The van der Waals surface area contributed by atoms with Crippen LogP contribution in [0.3, 0.4) is 0 Å². The first-order valence-electron chi connectivity index (χ1n) is 8.16. The van der Waals surface area contributed by atoms with Gasteiger partial charge in [-0.05, 0) is 36.8 Å². The van der Waals surface area contributed by atoms with Gasteiger partial charge in [0.05, 0.1) is 24.2 Å². The Kier molecular flexibility index (Phi) is 5.46. The van der Waals surface area contributed by atoms with E-state index in [1.54, 1.807) is 0 Å². The van der Waals surface area contributed by atoms with Crippen LogP contribution in [0.2, 0.25) is 0 Å². The number of nitrogens with zero attached hydrogens (tertiary/aromatic N) is 2. The molecule has 0 fully saturated rings. The fourth-order valence-electron chi connectivity index (χ4n) is 2.62. The topological polar surface area (TPSA) is 56.5 Å². The number of aliphatic hydroxyl groups excluding tert-OH is 1. The molecule has 0 spiro atoms. The highest BCUT2D eigenvalue weighted by Gasteiger charge is 2.11. The Hall–Kier alpha value is -2.37. The average molecular weight is 326 g/mol. The van der Waals surface area contributed by atoms with E-state index in [1.165, 1.54) is 0 Å². The lowest BCUT2D eigenvalue weighted by Gasteiger charge is -2.11. The first-order valence-corrected chi connectivity index (χ1v) is 8.16. The lowest BCUT2D eigenvalue weighted by Crippen LogP contribution is -2.11. The summed E-state index contributed by atoms with van der Waals surface area (Å²) < 4.78 is 13.5. The zero-order valence-corrected chi connectivity index (χ0v) is 13.8. The van der Waals surface area contributed by atoms with Crippen LogP contribution in [0.4, 0.5) is 0 Å². The molecule has 3 aromatic rings. The Morgan fingerprint density at radius 3 is 2.62 bits per heavy atom. The number of aliphatic hydroxyl groups is 1. The number of fused-ring (bicyclic) bond motifs is 1. The third kappa shape index (κ3) is 3.75. The normalized spacial score (nSPS) is 11.1. The first kappa shape index (κ1) is 16.5. The van der Waals surface area contributed by atoms with Crippen LogP contribution in [0.5, 0.6) is 5.75 Å². The number of benzene rings is 2. The summed E-state index contributed by atoms with van der Waals surface area (Å²) >= 11 is 0. The number of rotatable bonds is 8. The molecule has 0 saturated heterocycles. The lowest BCUT2D eigenvalue weighted by atomic mass is 10.2. The summed E-state index contributed by atoms with van der Waals surface area (Å²) in [6.07, 6.45) is 0. The number of hydrogen-bond donors (Lipinski definition) is 1. The van der Waals surface area contributed by atoms with E-state index in [2.05, 4.69) is 15.6 Å². The van der Waals surface area contributed by atoms with Crippen molar-refractivity contribution in [2.75, 3.05) is 13.2 Å². The molecule has 1 heterocycles. The maximum atomic E-state index is 9.09. The van der Waals surface area contributed by atoms with E-state index < -0.39 is 0 Å². The van der Waals surface area contributed by atoms with Gasteiger partial charge < -0.3 is 19.1 Å². The van der Waals surface area contributed by atoms with Gasteiger partial charge >= 0.3 is 0 Å². The van der Waals surface area contributed by atoms with Crippen molar-refractivity contribution in [3.05, 3.63) is 59.9 Å². The molecule has 0 amide bonds. The SMILES string of the molecule is CCOCCn1c(COc2ccc(CO)cc2)nc2ccccc21. The maximum absolute atomic E-state index is 9.09. The lowest BCUT2D eigenvalue weighted by molar-refractivity contribution is 0.138. The molecule has 1 aromatic heterocycles. The molecule has 5 nitrogen and oxygen atoms in total. The van der Waals surface area contributed by atoms with Crippen molar-refractivity contribution in [3.63, 3.8) is 0 Å². The molecule has 0 aliphatic carbocycles. The minimum Gasteiger partial charge on any atom is -0.486 e. The zero-order valence-electron chi connectivity index (χ0n) is 13.8. The van der Waals surface area contributed by atoms with Crippen LogP contribution < -0.4 is 4.74 Å². The summed E-state index contributed by atoms with van der Waals surface area (Å²) in [5.74, 6) is 1.64. The van der Waals surface area contributed by atoms with E-state index in [0.717, 1.165) is 34.7 Å². The van der Waals surface area contributed by atoms with Crippen molar-refractivity contribution < 1.29 is 14.6 Å². The van der Waals surface area contributed by atoms with Crippen LogP contribution in [0.15, 0.2) is 48.5 Å². The number of ether oxygens (including phenoxy) is 2. The molecular weight excluding hydrogens is 304 g/mol. The molecular formula is C19H22N2O3. The molecule has 0 atom stereocenters. The fraction of sp³-hybridized carbons (Fsp3) is 0.316. The largest absolute Gasteiger partial charge is 0.486 e. The van der Waals surface area contributed by atoms with E-state index in [-0.39, 0.29) is 6.61 Å². The highest BCUT2D eigenvalue weighted by atomic mass is 16.5. The van der Waals surface area contributed by atoms with Gasteiger partial charge in [0.15, 0.2) is 0 Å². The van der Waals surface area contributed by atoms with Crippen molar-refractivity contribution in [2.45, 2.75) is 26.7 Å². The summed E-state index contributed by atoms with van der Waals surface area (Å²) in [6, 6.07) is 15.5. The average Bonchev–Trinajstić information content (AvgIpc) is 2.98. The minimum absolute atomic E-state index is 0.0352. The Labute approximate surface area is 141 Å². The van der Waals surface area contributed by atoms with Gasteiger partial charge in [-0.2, -0.15) is 0 Å². The van der Waals surface area contributed by atoms with Crippen LogP contribution in [-0.4, -0.2) is 27.9 Å². The molecule has 0 saturated carbocycles. The quantitative estimate of drug-likeness (QED) is 0.646. The van der Waals surface area contributed by atoms with Gasteiger partial charge in [-0.15, -0.1) is 0 Å². The van der Waals surface area contributed by atoms with Crippen LogP contribution in [0.1, 0.15) is 18.3 Å². The molecule has 0 aliphatic heterocycles. The van der Waals surface area contributed by atoms with Crippen molar-refractivity contribution in [1.29, 1.82) is 0 Å². The van der Waals surface area contributed by atoms with Gasteiger partial charge in [0, 0.05) is 13.2 Å². The Morgan fingerprint density at radius 1 is 1.08 bits per heavy atom. The number of hydrogen-bond acceptors (Lipinski definition) is 4. The van der Waals surface area contributed by atoms with Gasteiger partial charge in [-0.1, -0.05) is 24.3 Å². The first-order chi connectivity index (χ1) is 11.8. The highest BCUT2D eigenvalue weighted by molar-refractivity contribution is 5.75. The van der Waals surface area contributed by atoms with Gasteiger partial charge in [0.25, 0.3) is 0 Å². The summed E-state index contributed by atoms with van der Waals surface area (Å²) in [5.41, 5.74) is 2.92. The second-order valence-electron chi connectivity index (χ2n) is 5.46. The molecule has 2 aromatic carbocycles. The summed E-state index contributed by atoms with van der Waals surface area (Å²) in [4.78, 5) is 4.68. The summed E-state index contributed by atoms with van der Waals surface area (Å²) in [6.45, 7) is 4.51. The molecule has 0 unspecified atom stereocenters. The Balaban J connectivity index is 1.77. The molecule has 24 heavy (non-hydrogen) atoms.